The summed E-state index contributed by atoms with van der Waals surface area (Å²) in [4.78, 5) is 7.45. The Kier molecular flexibility index (Phi) is 3.42. The Morgan fingerprint density at radius 1 is 1.26 bits per heavy atom. The second-order valence-corrected chi connectivity index (χ2v) is 5.05. The van der Waals surface area contributed by atoms with Gasteiger partial charge in [-0.1, -0.05) is 24.5 Å². The smallest absolute Gasteiger partial charge is 0.223 e. The lowest BCUT2D eigenvalue weighted by atomic mass is 9.96. The first kappa shape index (κ1) is 12.5. The van der Waals surface area contributed by atoms with Crippen molar-refractivity contribution in [3.63, 3.8) is 0 Å². The van der Waals surface area contributed by atoms with Gasteiger partial charge in [-0.15, -0.1) is 5.10 Å². The third-order valence-electron chi connectivity index (χ3n) is 3.42. The molecule has 2 aromatic heterocycles. The molecular weight excluding hydrogens is 269 g/mol. The van der Waals surface area contributed by atoms with Gasteiger partial charge in [0, 0.05) is 0 Å². The molecule has 0 atom stereocenters. The molecule has 1 aliphatic carbocycles. The van der Waals surface area contributed by atoms with Crippen LogP contribution in [0.3, 0.4) is 0 Å². The van der Waals surface area contributed by atoms with Gasteiger partial charge in [0.05, 0.1) is 18.4 Å². The summed E-state index contributed by atoms with van der Waals surface area (Å²) in [6.45, 7) is 0. The molecule has 0 saturated heterocycles. The van der Waals surface area contributed by atoms with Crippen LogP contribution in [-0.2, 0) is 0 Å². The van der Waals surface area contributed by atoms with Gasteiger partial charge in [0.2, 0.25) is 5.28 Å². The molecule has 19 heavy (non-hydrogen) atoms. The second kappa shape index (κ2) is 5.21. The SMILES string of the molecule is Fc1cnc(Cl)nc1-c1cn(C2CCCCC2)nn1. The number of rotatable bonds is 2. The first-order valence-electron chi connectivity index (χ1n) is 6.34. The zero-order chi connectivity index (χ0) is 13.2. The third kappa shape index (κ3) is 2.58. The highest BCUT2D eigenvalue weighted by Crippen LogP contribution is 2.28. The van der Waals surface area contributed by atoms with Crippen LogP contribution in [0.1, 0.15) is 38.1 Å². The van der Waals surface area contributed by atoms with Gasteiger partial charge in [-0.3, -0.25) is 0 Å². The molecule has 2 heterocycles. The lowest BCUT2D eigenvalue weighted by Gasteiger charge is -2.20. The summed E-state index contributed by atoms with van der Waals surface area (Å²) in [5.74, 6) is -0.542. The van der Waals surface area contributed by atoms with Gasteiger partial charge in [-0.05, 0) is 24.4 Å². The zero-order valence-electron chi connectivity index (χ0n) is 10.3. The van der Waals surface area contributed by atoms with E-state index in [1.165, 1.54) is 19.3 Å². The van der Waals surface area contributed by atoms with Gasteiger partial charge < -0.3 is 0 Å². The molecule has 0 radical (unpaired) electrons. The number of aromatic nitrogens is 5. The molecule has 1 saturated carbocycles. The summed E-state index contributed by atoms with van der Waals surface area (Å²) in [5, 5.41) is 8.07. The Morgan fingerprint density at radius 2 is 2.05 bits per heavy atom. The predicted molar refractivity (Wildman–Crippen MR) is 68.1 cm³/mol. The van der Waals surface area contributed by atoms with Crippen LogP contribution < -0.4 is 0 Å². The molecule has 0 spiro atoms. The molecule has 3 rings (SSSR count). The largest absolute Gasteiger partial charge is 0.249 e. The third-order valence-corrected chi connectivity index (χ3v) is 3.60. The van der Waals surface area contributed by atoms with Gasteiger partial charge in [-0.25, -0.2) is 19.0 Å². The molecule has 0 bridgehead atoms. The molecular formula is C12H13ClFN5. The molecule has 0 aliphatic heterocycles. The quantitative estimate of drug-likeness (QED) is 0.794. The lowest BCUT2D eigenvalue weighted by Crippen LogP contribution is -2.13. The van der Waals surface area contributed by atoms with E-state index in [1.54, 1.807) is 6.20 Å². The Balaban J connectivity index is 1.89. The number of halogens is 2. The van der Waals surface area contributed by atoms with Crippen molar-refractivity contribution in [1.29, 1.82) is 0 Å². The van der Waals surface area contributed by atoms with E-state index in [0.29, 0.717) is 11.7 Å². The van der Waals surface area contributed by atoms with Crippen LogP contribution in [0.5, 0.6) is 0 Å². The summed E-state index contributed by atoms with van der Waals surface area (Å²) in [6, 6.07) is 0.357. The van der Waals surface area contributed by atoms with Crippen molar-refractivity contribution in [2.75, 3.05) is 0 Å². The second-order valence-electron chi connectivity index (χ2n) is 4.71. The van der Waals surface area contributed by atoms with Gasteiger partial charge in [0.1, 0.15) is 11.4 Å². The fourth-order valence-corrected chi connectivity index (χ4v) is 2.57. The highest BCUT2D eigenvalue weighted by atomic mass is 35.5. The first-order valence-corrected chi connectivity index (χ1v) is 6.72. The highest BCUT2D eigenvalue weighted by Gasteiger charge is 2.19. The molecule has 0 unspecified atom stereocenters. The molecule has 5 nitrogen and oxygen atoms in total. The monoisotopic (exact) mass is 281 g/mol. The fourth-order valence-electron chi connectivity index (χ4n) is 2.43. The standard InChI is InChI=1S/C12H13ClFN5/c13-12-15-6-9(14)11(16-12)10-7-19(18-17-10)8-4-2-1-3-5-8/h6-8H,1-5H2. The molecule has 0 amide bonds. The van der Waals surface area contributed by atoms with Gasteiger partial charge in [0.15, 0.2) is 5.82 Å². The summed E-state index contributed by atoms with van der Waals surface area (Å²) in [6.07, 6.45) is 8.64. The average Bonchev–Trinajstić information content (AvgIpc) is 2.92. The van der Waals surface area contributed by atoms with Crippen molar-refractivity contribution in [3.05, 3.63) is 23.5 Å². The van der Waals surface area contributed by atoms with Crippen LogP contribution in [0, 0.1) is 5.82 Å². The summed E-state index contributed by atoms with van der Waals surface area (Å²) in [5.41, 5.74) is 0.495. The highest BCUT2D eigenvalue weighted by molar-refractivity contribution is 6.28. The summed E-state index contributed by atoms with van der Waals surface area (Å²) in [7, 11) is 0. The molecule has 7 heteroatoms. The van der Waals surface area contributed by atoms with Crippen molar-refractivity contribution in [2.24, 2.45) is 0 Å². The molecule has 0 N–H and O–H groups in total. The van der Waals surface area contributed by atoms with Crippen molar-refractivity contribution in [2.45, 2.75) is 38.1 Å². The van der Waals surface area contributed by atoms with Crippen LogP contribution in [0.4, 0.5) is 4.39 Å². The van der Waals surface area contributed by atoms with Gasteiger partial charge >= 0.3 is 0 Å². The maximum Gasteiger partial charge on any atom is 0.223 e. The van der Waals surface area contributed by atoms with Crippen LogP contribution in [0.2, 0.25) is 5.28 Å². The van der Waals surface area contributed by atoms with E-state index in [4.69, 9.17) is 11.6 Å². The Labute approximate surface area is 114 Å². The normalized spacial score (nSPS) is 16.7. The zero-order valence-corrected chi connectivity index (χ0v) is 11.0. The van der Waals surface area contributed by atoms with Crippen LogP contribution in [0.25, 0.3) is 11.4 Å². The molecule has 100 valence electrons. The van der Waals surface area contributed by atoms with Crippen molar-refractivity contribution >= 4 is 11.6 Å². The van der Waals surface area contributed by atoms with E-state index < -0.39 is 5.82 Å². The predicted octanol–water partition coefficient (Wildman–Crippen LogP) is 3.03. The van der Waals surface area contributed by atoms with Crippen molar-refractivity contribution < 1.29 is 4.39 Å². The van der Waals surface area contributed by atoms with Crippen LogP contribution >= 0.6 is 11.6 Å². The minimum atomic E-state index is -0.542. The van der Waals surface area contributed by atoms with Crippen molar-refractivity contribution in [1.82, 2.24) is 25.0 Å². The van der Waals surface area contributed by atoms with Gasteiger partial charge in [0.25, 0.3) is 0 Å². The topological polar surface area (TPSA) is 56.5 Å². The van der Waals surface area contributed by atoms with E-state index in [9.17, 15) is 4.39 Å². The van der Waals surface area contributed by atoms with Crippen LogP contribution in [0.15, 0.2) is 12.4 Å². The number of nitrogens with zero attached hydrogens (tertiary/aromatic N) is 5. The van der Waals surface area contributed by atoms with Crippen molar-refractivity contribution in [3.8, 4) is 11.4 Å². The van der Waals surface area contributed by atoms with E-state index in [2.05, 4.69) is 20.3 Å². The molecule has 0 aromatic carbocycles. The average molecular weight is 282 g/mol. The minimum Gasteiger partial charge on any atom is -0.249 e. The minimum absolute atomic E-state index is 0.00335. The number of hydrogen-bond donors (Lipinski definition) is 0. The van der Waals surface area contributed by atoms with E-state index in [0.717, 1.165) is 19.0 Å². The first-order chi connectivity index (χ1) is 9.24. The number of hydrogen-bond acceptors (Lipinski definition) is 4. The Morgan fingerprint density at radius 3 is 2.84 bits per heavy atom. The molecule has 2 aromatic rings. The summed E-state index contributed by atoms with van der Waals surface area (Å²) < 4.78 is 15.5. The van der Waals surface area contributed by atoms with E-state index >= 15 is 0 Å². The Bertz CT molecular complexity index is 579. The Hall–Kier alpha value is -1.56. The lowest BCUT2D eigenvalue weighted by molar-refractivity contribution is 0.324. The summed E-state index contributed by atoms with van der Waals surface area (Å²) >= 11 is 5.68. The maximum absolute atomic E-state index is 13.6. The fraction of sp³-hybridized carbons (Fsp3) is 0.500. The van der Waals surface area contributed by atoms with Gasteiger partial charge in [-0.2, -0.15) is 0 Å². The molecule has 1 fully saturated rings. The van der Waals surface area contributed by atoms with Crippen LogP contribution in [-0.4, -0.2) is 25.0 Å². The van der Waals surface area contributed by atoms with E-state index in [1.807, 2.05) is 4.68 Å². The molecule has 1 aliphatic rings. The van der Waals surface area contributed by atoms with E-state index in [-0.39, 0.29) is 11.0 Å². The maximum atomic E-state index is 13.6.